The highest BCUT2D eigenvalue weighted by Gasteiger charge is 2.07. The summed E-state index contributed by atoms with van der Waals surface area (Å²) in [5, 5.41) is 0. The van der Waals surface area contributed by atoms with Gasteiger partial charge < -0.3 is 38.8 Å². The molecule has 12 N–H and O–H groups in total. The molecule has 0 amide bonds. The van der Waals surface area contributed by atoms with Gasteiger partial charge in [0.25, 0.3) is 0 Å². The van der Waals surface area contributed by atoms with Crippen LogP contribution in [0.25, 0.3) is 22.6 Å². The Morgan fingerprint density at radius 2 is 0.970 bits per heavy atom. The highest BCUT2D eigenvalue weighted by atomic mass is 16.3. The molecule has 0 saturated carbocycles. The first-order chi connectivity index (χ1) is 15.8. The molecule has 1 aromatic heterocycles. The van der Waals surface area contributed by atoms with Crippen LogP contribution >= 0.6 is 0 Å². The summed E-state index contributed by atoms with van der Waals surface area (Å²) in [4.78, 5) is 4.39. The van der Waals surface area contributed by atoms with Crippen molar-refractivity contribution in [3.05, 3.63) is 91.0 Å². The van der Waals surface area contributed by atoms with Crippen molar-refractivity contribution in [2.75, 3.05) is 34.4 Å². The summed E-state index contributed by atoms with van der Waals surface area (Å²) in [6.45, 7) is 0. The number of hydrogen-bond acceptors (Lipinski definition) is 8. The third-order valence-electron chi connectivity index (χ3n) is 4.50. The third-order valence-corrected chi connectivity index (χ3v) is 4.50. The van der Waals surface area contributed by atoms with E-state index < -0.39 is 0 Å². The predicted molar refractivity (Wildman–Crippen MR) is 139 cm³/mol. The number of aromatic nitrogens is 1. The number of hydrogen-bond donors (Lipinski definition) is 6. The second-order valence-corrected chi connectivity index (χ2v) is 7.16. The van der Waals surface area contributed by atoms with Crippen molar-refractivity contribution >= 4 is 45.2 Å². The summed E-state index contributed by atoms with van der Waals surface area (Å²) in [6.07, 6.45) is 0. The lowest BCUT2D eigenvalue weighted by atomic mass is 10.2. The zero-order chi connectivity index (χ0) is 23.8. The molecule has 5 rings (SSSR count). The number of nitrogens with two attached hydrogens (primary N) is 6. The highest BCUT2D eigenvalue weighted by Crippen LogP contribution is 2.25. The second-order valence-electron chi connectivity index (χ2n) is 7.16. The first kappa shape index (κ1) is 22.8. The summed E-state index contributed by atoms with van der Waals surface area (Å²) in [5.74, 6) is 0.575. The Balaban J connectivity index is 0.000000160. The Labute approximate surface area is 191 Å². The normalized spacial score (nSPS) is 9.94. The molecular formula is C25H27N7O. The van der Waals surface area contributed by atoms with Crippen LogP contribution in [0, 0.1) is 0 Å². The number of oxazole rings is 1. The molecule has 4 aromatic carbocycles. The molecule has 0 fully saturated rings. The number of fused-ring (bicyclic) bond motifs is 1. The average molecular weight is 442 g/mol. The Kier molecular flexibility index (Phi) is 7.23. The van der Waals surface area contributed by atoms with Crippen molar-refractivity contribution in [2.45, 2.75) is 0 Å². The van der Waals surface area contributed by atoms with E-state index in [0.717, 1.165) is 28.0 Å². The second kappa shape index (κ2) is 10.5. The van der Waals surface area contributed by atoms with Crippen molar-refractivity contribution in [3.63, 3.8) is 0 Å². The minimum atomic E-state index is 0.575. The maximum Gasteiger partial charge on any atom is 0.227 e. The van der Waals surface area contributed by atoms with Gasteiger partial charge in [0.05, 0.1) is 11.4 Å². The van der Waals surface area contributed by atoms with Crippen LogP contribution in [-0.4, -0.2) is 4.98 Å². The Hall–Kier alpha value is -4.85. The minimum Gasteiger partial charge on any atom is -0.436 e. The highest BCUT2D eigenvalue weighted by molar-refractivity contribution is 5.79. The van der Waals surface area contributed by atoms with Gasteiger partial charge >= 0.3 is 0 Å². The van der Waals surface area contributed by atoms with Gasteiger partial charge in [0.15, 0.2) is 5.58 Å². The van der Waals surface area contributed by atoms with Gasteiger partial charge in [0, 0.05) is 28.3 Å². The molecule has 0 atom stereocenters. The SMILES string of the molecule is Nc1ccc(-c2nc3cc(N)ccc3o2)cc1.Nc1ccc(N)cc1.Nc1ccccc1N. The topological polar surface area (TPSA) is 182 Å². The predicted octanol–water partition coefficient (Wildman–Crippen LogP) is 4.36. The maximum atomic E-state index is 5.69. The van der Waals surface area contributed by atoms with Crippen molar-refractivity contribution < 1.29 is 4.42 Å². The molecule has 8 heteroatoms. The Bertz CT molecular complexity index is 1270. The molecular weight excluding hydrogens is 414 g/mol. The van der Waals surface area contributed by atoms with Gasteiger partial charge in [-0.25, -0.2) is 4.98 Å². The summed E-state index contributed by atoms with van der Waals surface area (Å²) in [7, 11) is 0. The fraction of sp³-hybridized carbons (Fsp3) is 0. The Morgan fingerprint density at radius 1 is 0.515 bits per heavy atom. The smallest absolute Gasteiger partial charge is 0.227 e. The molecule has 168 valence electrons. The fourth-order valence-corrected chi connectivity index (χ4v) is 2.70. The monoisotopic (exact) mass is 441 g/mol. The van der Waals surface area contributed by atoms with Gasteiger partial charge in [-0.15, -0.1) is 0 Å². The number of rotatable bonds is 1. The van der Waals surface area contributed by atoms with E-state index in [2.05, 4.69) is 4.98 Å². The van der Waals surface area contributed by atoms with Crippen molar-refractivity contribution in [1.29, 1.82) is 0 Å². The van der Waals surface area contributed by atoms with E-state index in [0.29, 0.717) is 28.6 Å². The van der Waals surface area contributed by atoms with Crippen LogP contribution in [0.1, 0.15) is 0 Å². The maximum absolute atomic E-state index is 5.69. The molecule has 0 saturated heterocycles. The molecule has 1 heterocycles. The molecule has 0 aliphatic heterocycles. The van der Waals surface area contributed by atoms with E-state index in [1.165, 1.54) is 0 Å². The molecule has 0 aliphatic rings. The van der Waals surface area contributed by atoms with E-state index in [1.54, 1.807) is 48.5 Å². The van der Waals surface area contributed by atoms with Crippen LogP contribution in [0.5, 0.6) is 0 Å². The zero-order valence-electron chi connectivity index (χ0n) is 18.0. The van der Waals surface area contributed by atoms with Gasteiger partial charge in [0.1, 0.15) is 5.52 Å². The molecule has 0 radical (unpaired) electrons. The molecule has 5 aromatic rings. The summed E-state index contributed by atoms with van der Waals surface area (Å²) < 4.78 is 5.64. The van der Waals surface area contributed by atoms with E-state index in [-0.39, 0.29) is 0 Å². The molecule has 8 nitrogen and oxygen atoms in total. The largest absolute Gasteiger partial charge is 0.436 e. The summed E-state index contributed by atoms with van der Waals surface area (Å²) in [6, 6.07) is 27.1. The van der Waals surface area contributed by atoms with Gasteiger partial charge in [-0.3, -0.25) is 0 Å². The van der Waals surface area contributed by atoms with Crippen LogP contribution in [0.3, 0.4) is 0 Å². The van der Waals surface area contributed by atoms with Crippen LogP contribution in [-0.2, 0) is 0 Å². The third kappa shape index (κ3) is 6.56. The summed E-state index contributed by atoms with van der Waals surface area (Å²) >= 11 is 0. The first-order valence-corrected chi connectivity index (χ1v) is 10.0. The lowest BCUT2D eigenvalue weighted by molar-refractivity contribution is 0.620. The quantitative estimate of drug-likeness (QED) is 0.207. The average Bonchev–Trinajstić information content (AvgIpc) is 3.22. The van der Waals surface area contributed by atoms with Crippen LogP contribution in [0.4, 0.5) is 34.1 Å². The number of nitrogen functional groups attached to an aromatic ring is 6. The zero-order valence-corrected chi connectivity index (χ0v) is 18.0. The molecule has 0 unspecified atom stereocenters. The standard InChI is InChI=1S/C13H11N3O.2C6H8N2/c14-9-3-1-8(2-4-9)13-16-11-7-10(15)5-6-12(11)17-13;7-5-1-2-6(8)4-3-5;7-5-3-1-2-4-6(5)8/h1-7H,14-15H2;2*1-4H,7-8H2. The van der Waals surface area contributed by atoms with E-state index >= 15 is 0 Å². The lowest BCUT2D eigenvalue weighted by Crippen LogP contribution is -1.91. The molecule has 0 aliphatic carbocycles. The molecule has 33 heavy (non-hydrogen) atoms. The van der Waals surface area contributed by atoms with E-state index in [9.17, 15) is 0 Å². The first-order valence-electron chi connectivity index (χ1n) is 10.0. The number of benzene rings is 4. The number of nitrogens with zero attached hydrogens (tertiary/aromatic N) is 1. The van der Waals surface area contributed by atoms with Crippen molar-refractivity contribution in [3.8, 4) is 11.5 Å². The fourth-order valence-electron chi connectivity index (χ4n) is 2.70. The molecule has 0 bridgehead atoms. The van der Waals surface area contributed by atoms with Gasteiger partial charge in [-0.1, -0.05) is 12.1 Å². The summed E-state index contributed by atoms with van der Waals surface area (Å²) in [5.41, 5.74) is 39.4. The lowest BCUT2D eigenvalue weighted by Gasteiger charge is -1.95. The number of anilines is 6. The van der Waals surface area contributed by atoms with Crippen LogP contribution in [0.15, 0.2) is 95.4 Å². The van der Waals surface area contributed by atoms with Gasteiger partial charge in [0.2, 0.25) is 5.89 Å². The van der Waals surface area contributed by atoms with E-state index in [1.807, 2.05) is 42.5 Å². The minimum absolute atomic E-state index is 0.575. The van der Waals surface area contributed by atoms with E-state index in [4.69, 9.17) is 38.8 Å². The van der Waals surface area contributed by atoms with Crippen molar-refractivity contribution in [2.24, 2.45) is 0 Å². The molecule has 0 spiro atoms. The van der Waals surface area contributed by atoms with Crippen molar-refractivity contribution in [1.82, 2.24) is 4.98 Å². The van der Waals surface area contributed by atoms with Gasteiger partial charge in [-0.05, 0) is 78.9 Å². The van der Waals surface area contributed by atoms with Crippen LogP contribution < -0.4 is 34.4 Å². The van der Waals surface area contributed by atoms with Crippen LogP contribution in [0.2, 0.25) is 0 Å². The number of para-hydroxylation sites is 2. The van der Waals surface area contributed by atoms with Gasteiger partial charge in [-0.2, -0.15) is 0 Å². The Morgan fingerprint density at radius 3 is 1.45 bits per heavy atom.